The molecule has 0 fully saturated rings. The van der Waals surface area contributed by atoms with Crippen LogP contribution in [-0.2, 0) is 24.1 Å². The summed E-state index contributed by atoms with van der Waals surface area (Å²) in [5.41, 5.74) is 1.47. The SMILES string of the molecule is CC(=O)Nc1nc(CCc2ccc(CCNC(N(C(=O)O)C(C)(C)C)N(C(=O)O)C(C)(C)C)cc2)cs1. The van der Waals surface area contributed by atoms with Crippen LogP contribution in [-0.4, -0.2) is 67.0 Å². The maximum absolute atomic E-state index is 12.2. The summed E-state index contributed by atoms with van der Waals surface area (Å²) in [5, 5.41) is 28.3. The first-order chi connectivity index (χ1) is 17.1. The lowest BCUT2D eigenvalue weighted by Crippen LogP contribution is -2.68. The first-order valence-electron chi connectivity index (χ1n) is 12.2. The largest absolute Gasteiger partial charge is 0.465 e. The number of aromatic nitrogens is 1. The Kier molecular flexibility index (Phi) is 10.0. The van der Waals surface area contributed by atoms with E-state index in [1.807, 2.05) is 29.6 Å². The number of benzene rings is 1. The van der Waals surface area contributed by atoms with Crippen LogP contribution >= 0.6 is 11.3 Å². The van der Waals surface area contributed by atoms with Crippen LogP contribution < -0.4 is 10.6 Å². The maximum atomic E-state index is 12.2. The molecule has 204 valence electrons. The zero-order valence-corrected chi connectivity index (χ0v) is 23.5. The van der Waals surface area contributed by atoms with Crippen molar-refractivity contribution in [3.8, 4) is 0 Å². The number of nitrogens with zero attached hydrogens (tertiary/aromatic N) is 3. The van der Waals surface area contributed by atoms with Gasteiger partial charge in [0.2, 0.25) is 5.91 Å². The highest BCUT2D eigenvalue weighted by Gasteiger charge is 2.42. The third-order valence-electron chi connectivity index (χ3n) is 5.61. The van der Waals surface area contributed by atoms with Gasteiger partial charge < -0.3 is 15.5 Å². The summed E-state index contributed by atoms with van der Waals surface area (Å²) in [6, 6.07) is 8.14. The standard InChI is InChI=1S/C26H39N5O5S/c1-17(32)28-21-29-20(16-37-21)13-12-18-8-10-19(11-9-18)14-15-27-22(30(23(33)34)25(2,3)4)31(24(35)36)26(5,6)7/h8-11,16,22,27H,12-15H2,1-7H3,(H,33,34)(H,35,36)(H,28,29,32). The van der Waals surface area contributed by atoms with Crippen molar-refractivity contribution in [1.29, 1.82) is 0 Å². The average Bonchev–Trinajstić information content (AvgIpc) is 3.17. The second-order valence-electron chi connectivity index (χ2n) is 10.9. The van der Waals surface area contributed by atoms with Gasteiger partial charge in [-0.15, -0.1) is 11.3 Å². The van der Waals surface area contributed by atoms with Crippen LogP contribution in [0.3, 0.4) is 0 Å². The number of hydrogen-bond acceptors (Lipinski definition) is 6. The van der Waals surface area contributed by atoms with E-state index in [1.54, 1.807) is 41.5 Å². The molecule has 3 amide bonds. The normalized spacial score (nSPS) is 11.9. The maximum Gasteiger partial charge on any atom is 0.410 e. The van der Waals surface area contributed by atoms with Gasteiger partial charge in [0, 0.05) is 29.9 Å². The van der Waals surface area contributed by atoms with Gasteiger partial charge in [0.05, 0.1) is 5.69 Å². The minimum absolute atomic E-state index is 0.138. The monoisotopic (exact) mass is 533 g/mol. The minimum Gasteiger partial charge on any atom is -0.465 e. The smallest absolute Gasteiger partial charge is 0.410 e. The number of nitrogens with one attached hydrogen (secondary N) is 2. The lowest BCUT2D eigenvalue weighted by molar-refractivity contribution is -0.114. The Morgan fingerprint density at radius 2 is 1.38 bits per heavy atom. The minimum atomic E-state index is -1.20. The molecule has 0 unspecified atom stereocenters. The third-order valence-corrected chi connectivity index (χ3v) is 6.42. The molecule has 0 spiro atoms. The van der Waals surface area contributed by atoms with Crippen molar-refractivity contribution in [2.75, 3.05) is 11.9 Å². The van der Waals surface area contributed by atoms with Crippen LogP contribution in [0, 0.1) is 0 Å². The number of thiazole rings is 1. The summed E-state index contributed by atoms with van der Waals surface area (Å²) in [7, 11) is 0. The van der Waals surface area contributed by atoms with E-state index < -0.39 is 29.6 Å². The van der Waals surface area contributed by atoms with Crippen molar-refractivity contribution in [1.82, 2.24) is 20.1 Å². The van der Waals surface area contributed by atoms with Crippen LogP contribution in [0.15, 0.2) is 29.6 Å². The van der Waals surface area contributed by atoms with Crippen LogP contribution in [0.4, 0.5) is 14.7 Å². The first-order valence-corrected chi connectivity index (χ1v) is 13.1. The predicted octanol–water partition coefficient (Wildman–Crippen LogP) is 4.86. The molecule has 1 aromatic carbocycles. The van der Waals surface area contributed by atoms with Gasteiger partial charge in [-0.25, -0.2) is 14.6 Å². The number of amides is 3. The average molecular weight is 534 g/mol. The van der Waals surface area contributed by atoms with Crippen molar-refractivity contribution < 1.29 is 24.6 Å². The van der Waals surface area contributed by atoms with Crippen LogP contribution in [0.1, 0.15) is 65.3 Å². The van der Waals surface area contributed by atoms with Crippen LogP contribution in [0.2, 0.25) is 0 Å². The van der Waals surface area contributed by atoms with Crippen molar-refractivity contribution in [3.05, 3.63) is 46.5 Å². The number of carboxylic acid groups (broad SMARTS) is 2. The number of rotatable bonds is 10. The molecule has 0 aliphatic rings. The van der Waals surface area contributed by atoms with E-state index in [9.17, 15) is 24.6 Å². The molecular formula is C26H39N5O5S. The van der Waals surface area contributed by atoms with E-state index in [-0.39, 0.29) is 5.91 Å². The molecule has 0 aliphatic heterocycles. The molecule has 0 atom stereocenters. The zero-order chi connectivity index (χ0) is 28.0. The Morgan fingerprint density at radius 1 is 0.892 bits per heavy atom. The molecule has 37 heavy (non-hydrogen) atoms. The number of aryl methyl sites for hydroxylation is 2. The van der Waals surface area contributed by atoms with Gasteiger partial charge in [-0.3, -0.25) is 19.9 Å². The van der Waals surface area contributed by atoms with Crippen LogP contribution in [0.5, 0.6) is 0 Å². The van der Waals surface area contributed by atoms with Crippen molar-refractivity contribution in [3.63, 3.8) is 0 Å². The summed E-state index contributed by atoms with van der Waals surface area (Å²) in [6.07, 6.45) is -1.30. The van der Waals surface area contributed by atoms with Gasteiger partial charge in [0.15, 0.2) is 11.4 Å². The third kappa shape index (κ3) is 9.01. The molecule has 1 aromatic heterocycles. The summed E-state index contributed by atoms with van der Waals surface area (Å²) < 4.78 is 0. The van der Waals surface area contributed by atoms with Crippen molar-refractivity contribution in [2.24, 2.45) is 0 Å². The summed E-state index contributed by atoms with van der Waals surface area (Å²) in [6.45, 7) is 12.3. The van der Waals surface area contributed by atoms with Gasteiger partial charge in [0.1, 0.15) is 0 Å². The molecule has 2 aromatic rings. The van der Waals surface area contributed by atoms with Gasteiger partial charge in [-0.1, -0.05) is 24.3 Å². The Hall–Kier alpha value is -3.18. The zero-order valence-electron chi connectivity index (χ0n) is 22.7. The molecule has 0 radical (unpaired) electrons. The highest BCUT2D eigenvalue weighted by Crippen LogP contribution is 2.25. The van der Waals surface area contributed by atoms with E-state index >= 15 is 0 Å². The summed E-state index contributed by atoms with van der Waals surface area (Å²) >= 11 is 1.41. The Bertz CT molecular complexity index is 1040. The lowest BCUT2D eigenvalue weighted by atomic mass is 10.0. The topological polar surface area (TPSA) is 135 Å². The molecule has 0 saturated carbocycles. The Morgan fingerprint density at radius 3 is 1.81 bits per heavy atom. The summed E-state index contributed by atoms with van der Waals surface area (Å²) in [5.74, 6) is -0.138. The second kappa shape index (κ2) is 12.4. The second-order valence-corrected chi connectivity index (χ2v) is 11.7. The quantitative estimate of drug-likeness (QED) is 0.320. The molecule has 0 bridgehead atoms. The molecule has 10 nitrogen and oxygen atoms in total. The molecule has 4 N–H and O–H groups in total. The van der Waals surface area contributed by atoms with Gasteiger partial charge in [-0.05, 0) is 71.9 Å². The van der Waals surface area contributed by atoms with E-state index in [0.717, 1.165) is 39.5 Å². The molecule has 0 saturated heterocycles. The number of carbonyl (C=O) groups excluding carboxylic acids is 1. The van der Waals surface area contributed by atoms with Gasteiger partial charge >= 0.3 is 12.2 Å². The Labute approximate surface area is 222 Å². The molecule has 0 aliphatic carbocycles. The lowest BCUT2D eigenvalue weighted by Gasteiger charge is -2.48. The van der Waals surface area contributed by atoms with Gasteiger partial charge in [0.25, 0.3) is 0 Å². The van der Waals surface area contributed by atoms with E-state index in [4.69, 9.17) is 0 Å². The van der Waals surface area contributed by atoms with E-state index in [2.05, 4.69) is 15.6 Å². The van der Waals surface area contributed by atoms with Crippen LogP contribution in [0.25, 0.3) is 0 Å². The molecule has 2 rings (SSSR count). The van der Waals surface area contributed by atoms with Gasteiger partial charge in [-0.2, -0.15) is 0 Å². The number of carbonyl (C=O) groups is 3. The number of hydrogen-bond donors (Lipinski definition) is 4. The fourth-order valence-corrected chi connectivity index (χ4v) is 4.73. The Balaban J connectivity index is 2.05. The van der Waals surface area contributed by atoms with E-state index in [0.29, 0.717) is 18.1 Å². The first kappa shape index (κ1) is 30.0. The molecular weight excluding hydrogens is 494 g/mol. The fourth-order valence-electron chi connectivity index (χ4n) is 3.94. The fraction of sp³-hybridized carbons (Fsp3) is 0.538. The molecule has 1 heterocycles. The van der Waals surface area contributed by atoms with E-state index in [1.165, 1.54) is 18.3 Å². The van der Waals surface area contributed by atoms with Crippen molar-refractivity contribution in [2.45, 2.75) is 85.1 Å². The number of anilines is 1. The predicted molar refractivity (Wildman–Crippen MR) is 145 cm³/mol. The highest BCUT2D eigenvalue weighted by molar-refractivity contribution is 7.13. The molecule has 11 heteroatoms. The summed E-state index contributed by atoms with van der Waals surface area (Å²) in [4.78, 5) is 42.2. The highest BCUT2D eigenvalue weighted by atomic mass is 32.1. The van der Waals surface area contributed by atoms with Crippen molar-refractivity contribution >= 4 is 34.6 Å².